The van der Waals surface area contributed by atoms with Crippen LogP contribution in [0.2, 0.25) is 0 Å². The molecule has 5 nitrogen and oxygen atoms in total. The largest absolute Gasteiger partial charge is 0.477 e. The minimum absolute atomic E-state index is 0.584. The summed E-state index contributed by atoms with van der Waals surface area (Å²) in [5, 5.41) is 0. The average molecular weight is 298 g/mol. The number of ether oxygens (including phenoxy) is 1. The molecule has 0 bridgehead atoms. The third kappa shape index (κ3) is 3.53. The molecule has 2 aromatic rings. The summed E-state index contributed by atoms with van der Waals surface area (Å²) in [4.78, 5) is 15.3. The van der Waals surface area contributed by atoms with Crippen LogP contribution in [0.3, 0.4) is 0 Å². The molecule has 0 amide bonds. The van der Waals surface area contributed by atoms with Crippen molar-refractivity contribution in [2.24, 2.45) is 5.92 Å². The van der Waals surface area contributed by atoms with Crippen LogP contribution in [0.4, 0.5) is 5.82 Å². The standard InChI is InChI=1S/C17H22N4O/c1-13-4-3-8-19-17(13)22-12-15-6-10-21(11-7-15)16-5-9-18-14(2)20-16/h3-5,8-9,15H,6-7,10-12H2,1-2H3. The number of aryl methyl sites for hydroxylation is 2. The third-order valence-corrected chi connectivity index (χ3v) is 4.12. The summed E-state index contributed by atoms with van der Waals surface area (Å²) in [6.45, 7) is 6.74. The fourth-order valence-electron chi connectivity index (χ4n) is 2.77. The minimum atomic E-state index is 0.584. The molecule has 0 aliphatic carbocycles. The van der Waals surface area contributed by atoms with Crippen LogP contribution in [0, 0.1) is 19.8 Å². The SMILES string of the molecule is Cc1nccc(N2CCC(COc3ncccc3C)CC2)n1. The first-order valence-corrected chi connectivity index (χ1v) is 7.81. The van der Waals surface area contributed by atoms with Crippen LogP contribution in [-0.4, -0.2) is 34.6 Å². The van der Waals surface area contributed by atoms with Gasteiger partial charge in [0.1, 0.15) is 11.6 Å². The normalized spacial score (nSPS) is 15.8. The van der Waals surface area contributed by atoms with Gasteiger partial charge in [0.25, 0.3) is 0 Å². The first-order valence-electron chi connectivity index (χ1n) is 7.81. The Hall–Kier alpha value is -2.17. The summed E-state index contributed by atoms with van der Waals surface area (Å²) in [7, 11) is 0. The maximum atomic E-state index is 5.88. The highest BCUT2D eigenvalue weighted by molar-refractivity contribution is 5.37. The van der Waals surface area contributed by atoms with E-state index in [4.69, 9.17) is 4.74 Å². The molecule has 1 saturated heterocycles. The number of hydrogen-bond acceptors (Lipinski definition) is 5. The van der Waals surface area contributed by atoms with E-state index < -0.39 is 0 Å². The first kappa shape index (κ1) is 14.8. The quantitative estimate of drug-likeness (QED) is 0.868. The van der Waals surface area contributed by atoms with E-state index in [0.29, 0.717) is 5.92 Å². The Bertz CT molecular complexity index is 624. The van der Waals surface area contributed by atoms with Crippen LogP contribution in [0.25, 0.3) is 0 Å². The van der Waals surface area contributed by atoms with Gasteiger partial charge in [-0.1, -0.05) is 6.07 Å². The molecule has 0 spiro atoms. The maximum absolute atomic E-state index is 5.88. The molecule has 1 aliphatic rings. The third-order valence-electron chi connectivity index (χ3n) is 4.12. The molecular weight excluding hydrogens is 276 g/mol. The van der Waals surface area contributed by atoms with Crippen LogP contribution < -0.4 is 9.64 Å². The van der Waals surface area contributed by atoms with Gasteiger partial charge in [0.15, 0.2) is 0 Å². The molecule has 5 heteroatoms. The van der Waals surface area contributed by atoms with E-state index in [9.17, 15) is 0 Å². The monoisotopic (exact) mass is 298 g/mol. The van der Waals surface area contributed by atoms with Gasteiger partial charge in [0.2, 0.25) is 5.88 Å². The van der Waals surface area contributed by atoms with E-state index >= 15 is 0 Å². The molecular formula is C17H22N4O. The molecule has 3 heterocycles. The molecule has 0 atom stereocenters. The Balaban J connectivity index is 1.51. The lowest BCUT2D eigenvalue weighted by atomic mass is 9.98. The zero-order chi connectivity index (χ0) is 15.4. The summed E-state index contributed by atoms with van der Waals surface area (Å²) in [6.07, 6.45) is 5.85. The van der Waals surface area contributed by atoms with Crippen molar-refractivity contribution >= 4 is 5.82 Å². The van der Waals surface area contributed by atoms with E-state index in [1.807, 2.05) is 38.2 Å². The van der Waals surface area contributed by atoms with Crippen LogP contribution in [0.5, 0.6) is 5.88 Å². The molecule has 0 saturated carbocycles. The van der Waals surface area contributed by atoms with Crippen molar-refractivity contribution < 1.29 is 4.74 Å². The highest BCUT2D eigenvalue weighted by atomic mass is 16.5. The molecule has 0 radical (unpaired) electrons. The Labute approximate surface area is 131 Å². The first-order chi connectivity index (χ1) is 10.7. The second-order valence-electron chi connectivity index (χ2n) is 5.83. The number of pyridine rings is 1. The predicted octanol–water partition coefficient (Wildman–Crippen LogP) is 2.78. The average Bonchev–Trinajstić information content (AvgIpc) is 2.55. The Kier molecular flexibility index (Phi) is 4.51. The van der Waals surface area contributed by atoms with Crippen molar-refractivity contribution in [3.8, 4) is 5.88 Å². The summed E-state index contributed by atoms with van der Waals surface area (Å²) < 4.78 is 5.88. The second kappa shape index (κ2) is 6.73. The fourth-order valence-corrected chi connectivity index (χ4v) is 2.77. The van der Waals surface area contributed by atoms with Gasteiger partial charge in [-0.05, 0) is 44.7 Å². The van der Waals surface area contributed by atoms with Crippen LogP contribution in [0.1, 0.15) is 24.2 Å². The zero-order valence-electron chi connectivity index (χ0n) is 13.2. The Morgan fingerprint density at radius 2 is 1.95 bits per heavy atom. The topological polar surface area (TPSA) is 51.1 Å². The lowest BCUT2D eigenvalue weighted by Crippen LogP contribution is -2.36. The van der Waals surface area contributed by atoms with Crippen molar-refractivity contribution in [2.45, 2.75) is 26.7 Å². The van der Waals surface area contributed by atoms with Crippen LogP contribution >= 0.6 is 0 Å². The molecule has 0 unspecified atom stereocenters. The van der Waals surface area contributed by atoms with Gasteiger partial charge >= 0.3 is 0 Å². The summed E-state index contributed by atoms with van der Waals surface area (Å²) >= 11 is 0. The van der Waals surface area contributed by atoms with Gasteiger partial charge in [-0.2, -0.15) is 0 Å². The number of anilines is 1. The second-order valence-corrected chi connectivity index (χ2v) is 5.83. The van der Waals surface area contributed by atoms with E-state index in [2.05, 4.69) is 19.9 Å². The molecule has 116 valence electrons. The van der Waals surface area contributed by atoms with Crippen molar-refractivity contribution in [1.29, 1.82) is 0 Å². The fraction of sp³-hybridized carbons (Fsp3) is 0.471. The molecule has 22 heavy (non-hydrogen) atoms. The van der Waals surface area contributed by atoms with Crippen LogP contribution in [-0.2, 0) is 0 Å². The van der Waals surface area contributed by atoms with E-state index in [1.54, 1.807) is 6.20 Å². The highest BCUT2D eigenvalue weighted by Crippen LogP contribution is 2.23. The van der Waals surface area contributed by atoms with E-state index in [0.717, 1.165) is 55.6 Å². The summed E-state index contributed by atoms with van der Waals surface area (Å²) in [5.74, 6) is 3.21. The number of nitrogens with zero attached hydrogens (tertiary/aromatic N) is 4. The van der Waals surface area contributed by atoms with Crippen molar-refractivity contribution in [2.75, 3.05) is 24.6 Å². The van der Waals surface area contributed by atoms with Gasteiger partial charge in [-0.15, -0.1) is 0 Å². The van der Waals surface area contributed by atoms with Crippen molar-refractivity contribution in [3.63, 3.8) is 0 Å². The van der Waals surface area contributed by atoms with E-state index in [1.165, 1.54) is 0 Å². The Morgan fingerprint density at radius 3 is 2.68 bits per heavy atom. The van der Waals surface area contributed by atoms with Crippen LogP contribution in [0.15, 0.2) is 30.6 Å². The van der Waals surface area contributed by atoms with Gasteiger partial charge in [0.05, 0.1) is 6.61 Å². The molecule has 2 aromatic heterocycles. The Morgan fingerprint density at radius 1 is 1.14 bits per heavy atom. The predicted molar refractivity (Wildman–Crippen MR) is 86.2 cm³/mol. The smallest absolute Gasteiger partial charge is 0.216 e. The lowest BCUT2D eigenvalue weighted by Gasteiger charge is -2.32. The van der Waals surface area contributed by atoms with Crippen molar-refractivity contribution in [1.82, 2.24) is 15.0 Å². The molecule has 0 aromatic carbocycles. The summed E-state index contributed by atoms with van der Waals surface area (Å²) in [6, 6.07) is 5.95. The molecule has 1 fully saturated rings. The van der Waals surface area contributed by atoms with Crippen molar-refractivity contribution in [3.05, 3.63) is 42.0 Å². The minimum Gasteiger partial charge on any atom is -0.477 e. The number of aromatic nitrogens is 3. The van der Waals surface area contributed by atoms with Gasteiger partial charge in [0, 0.05) is 31.0 Å². The lowest BCUT2D eigenvalue weighted by molar-refractivity contribution is 0.214. The number of rotatable bonds is 4. The van der Waals surface area contributed by atoms with Gasteiger partial charge in [-0.25, -0.2) is 15.0 Å². The zero-order valence-corrected chi connectivity index (χ0v) is 13.2. The molecule has 3 rings (SSSR count). The maximum Gasteiger partial charge on any atom is 0.216 e. The number of hydrogen-bond donors (Lipinski definition) is 0. The summed E-state index contributed by atoms with van der Waals surface area (Å²) in [5.41, 5.74) is 1.09. The van der Waals surface area contributed by atoms with Gasteiger partial charge < -0.3 is 9.64 Å². The number of piperidine rings is 1. The van der Waals surface area contributed by atoms with E-state index in [-0.39, 0.29) is 0 Å². The highest BCUT2D eigenvalue weighted by Gasteiger charge is 2.21. The molecule has 1 aliphatic heterocycles. The molecule has 0 N–H and O–H groups in total. The van der Waals surface area contributed by atoms with Gasteiger partial charge in [-0.3, -0.25) is 0 Å².